The second-order valence-electron chi connectivity index (χ2n) is 3.58. The van der Waals surface area contributed by atoms with E-state index in [9.17, 15) is 9.90 Å². The predicted octanol–water partition coefficient (Wildman–Crippen LogP) is 0.842. The highest BCUT2D eigenvalue weighted by Crippen LogP contribution is 2.31. The highest BCUT2D eigenvalue weighted by atomic mass is 16.6. The molecule has 0 saturated heterocycles. The van der Waals surface area contributed by atoms with Crippen molar-refractivity contribution in [1.29, 1.82) is 0 Å². The van der Waals surface area contributed by atoms with Gasteiger partial charge >= 0.3 is 5.97 Å². The molecule has 4 heteroatoms. The van der Waals surface area contributed by atoms with Gasteiger partial charge in [-0.15, -0.1) is 0 Å². The molecule has 0 radical (unpaired) electrons. The van der Waals surface area contributed by atoms with Crippen molar-refractivity contribution in [1.82, 2.24) is 0 Å². The number of hydrogen-bond acceptors (Lipinski definition) is 3. The summed E-state index contributed by atoms with van der Waals surface area (Å²) in [5.41, 5.74) is 0. The van der Waals surface area contributed by atoms with Crippen molar-refractivity contribution >= 4 is 5.97 Å². The largest absolute Gasteiger partial charge is 0.481 e. The van der Waals surface area contributed by atoms with Crippen LogP contribution in [0.2, 0.25) is 0 Å². The predicted molar refractivity (Wildman–Crippen MR) is 46.1 cm³/mol. The van der Waals surface area contributed by atoms with Crippen LogP contribution >= 0.6 is 0 Å². The third-order valence-electron chi connectivity index (χ3n) is 2.77. The first-order chi connectivity index (χ1) is 6.15. The van der Waals surface area contributed by atoms with Crippen LogP contribution in [-0.4, -0.2) is 29.6 Å². The van der Waals surface area contributed by atoms with Gasteiger partial charge in [0.2, 0.25) is 0 Å². The van der Waals surface area contributed by atoms with Crippen LogP contribution in [0.3, 0.4) is 0 Å². The normalized spacial score (nSPS) is 31.2. The molecular weight excluding hydrogens is 172 g/mol. The Labute approximate surface area is 77.5 Å². The summed E-state index contributed by atoms with van der Waals surface area (Å²) in [5, 5.41) is 18.1. The zero-order valence-corrected chi connectivity index (χ0v) is 7.77. The molecule has 1 atom stereocenters. The number of carboxylic acid groups (broad SMARTS) is 1. The summed E-state index contributed by atoms with van der Waals surface area (Å²) >= 11 is 0. The summed E-state index contributed by atoms with van der Waals surface area (Å²) in [5.74, 6) is -0.828. The Morgan fingerprint density at radius 1 is 1.38 bits per heavy atom. The standard InChI is InChI=1S/C9H16O4/c1-13-9(12)7-4-2-6(3-5-7)8(10)11/h6-7,9,12H,2-5H2,1H3,(H,10,11)/t6?,7?,9-/m0/s1. The van der Waals surface area contributed by atoms with Crippen molar-refractivity contribution in [2.24, 2.45) is 11.8 Å². The molecule has 0 amide bonds. The zero-order valence-electron chi connectivity index (χ0n) is 7.77. The summed E-state index contributed by atoms with van der Waals surface area (Å²) in [6, 6.07) is 0. The third kappa shape index (κ3) is 2.67. The number of carbonyl (C=O) groups is 1. The SMILES string of the molecule is CO[C@H](O)C1CCC(C(=O)O)CC1. The monoisotopic (exact) mass is 188 g/mol. The van der Waals surface area contributed by atoms with Crippen LogP contribution in [0, 0.1) is 11.8 Å². The van der Waals surface area contributed by atoms with Crippen LogP contribution < -0.4 is 0 Å². The minimum atomic E-state index is -0.727. The van der Waals surface area contributed by atoms with E-state index in [0.29, 0.717) is 12.8 Å². The van der Waals surface area contributed by atoms with E-state index in [4.69, 9.17) is 9.84 Å². The fraction of sp³-hybridized carbons (Fsp3) is 0.889. The van der Waals surface area contributed by atoms with Crippen molar-refractivity contribution in [3.05, 3.63) is 0 Å². The molecule has 1 aliphatic carbocycles. The number of aliphatic hydroxyl groups is 1. The second kappa shape index (κ2) is 4.58. The van der Waals surface area contributed by atoms with Gasteiger partial charge in [0.15, 0.2) is 6.29 Å². The molecule has 1 fully saturated rings. The first kappa shape index (κ1) is 10.5. The Morgan fingerprint density at radius 2 is 1.92 bits per heavy atom. The van der Waals surface area contributed by atoms with Gasteiger partial charge in [0.25, 0.3) is 0 Å². The van der Waals surface area contributed by atoms with Gasteiger partial charge in [-0.05, 0) is 25.7 Å². The van der Waals surface area contributed by atoms with Crippen LogP contribution in [0.25, 0.3) is 0 Å². The van der Waals surface area contributed by atoms with E-state index in [-0.39, 0.29) is 11.8 Å². The van der Waals surface area contributed by atoms with Crippen LogP contribution in [0.4, 0.5) is 0 Å². The molecule has 1 saturated carbocycles. The van der Waals surface area contributed by atoms with E-state index < -0.39 is 12.3 Å². The molecule has 4 nitrogen and oxygen atoms in total. The molecule has 0 unspecified atom stereocenters. The maximum Gasteiger partial charge on any atom is 0.306 e. The summed E-state index contributed by atoms with van der Waals surface area (Å²) in [4.78, 5) is 10.6. The van der Waals surface area contributed by atoms with E-state index >= 15 is 0 Å². The molecular formula is C9H16O4. The first-order valence-corrected chi connectivity index (χ1v) is 4.58. The van der Waals surface area contributed by atoms with Crippen molar-refractivity contribution in [2.75, 3.05) is 7.11 Å². The van der Waals surface area contributed by atoms with Gasteiger partial charge in [-0.2, -0.15) is 0 Å². The Bertz CT molecular complexity index is 172. The average molecular weight is 188 g/mol. The smallest absolute Gasteiger partial charge is 0.306 e. The molecule has 0 aromatic carbocycles. The van der Waals surface area contributed by atoms with Gasteiger partial charge in [-0.1, -0.05) is 0 Å². The number of ether oxygens (including phenoxy) is 1. The van der Waals surface area contributed by atoms with Crippen LogP contribution in [-0.2, 0) is 9.53 Å². The highest BCUT2D eigenvalue weighted by molar-refractivity contribution is 5.69. The summed E-state index contributed by atoms with van der Waals surface area (Å²) in [7, 11) is 1.47. The average Bonchev–Trinajstić information content (AvgIpc) is 2.17. The minimum Gasteiger partial charge on any atom is -0.481 e. The summed E-state index contributed by atoms with van der Waals surface area (Å²) in [6.45, 7) is 0. The van der Waals surface area contributed by atoms with E-state index in [1.165, 1.54) is 7.11 Å². The number of aliphatic hydroxyl groups excluding tert-OH is 1. The van der Waals surface area contributed by atoms with Gasteiger partial charge < -0.3 is 14.9 Å². The molecule has 0 aromatic rings. The lowest BCUT2D eigenvalue weighted by Crippen LogP contribution is -2.29. The molecule has 0 aromatic heterocycles. The van der Waals surface area contributed by atoms with Crippen LogP contribution in [0.1, 0.15) is 25.7 Å². The summed E-state index contributed by atoms with van der Waals surface area (Å²) in [6.07, 6.45) is 2.06. The Hall–Kier alpha value is -0.610. The van der Waals surface area contributed by atoms with E-state index in [0.717, 1.165) is 12.8 Å². The van der Waals surface area contributed by atoms with Gasteiger partial charge in [0.1, 0.15) is 0 Å². The van der Waals surface area contributed by atoms with Crippen LogP contribution in [0.5, 0.6) is 0 Å². The topological polar surface area (TPSA) is 66.8 Å². The lowest BCUT2D eigenvalue weighted by atomic mass is 9.82. The molecule has 13 heavy (non-hydrogen) atoms. The summed E-state index contributed by atoms with van der Waals surface area (Å²) < 4.78 is 4.79. The Morgan fingerprint density at radius 3 is 2.31 bits per heavy atom. The lowest BCUT2D eigenvalue weighted by Gasteiger charge is -2.28. The Balaban J connectivity index is 2.34. The fourth-order valence-corrected chi connectivity index (χ4v) is 1.84. The van der Waals surface area contributed by atoms with Crippen molar-refractivity contribution in [3.8, 4) is 0 Å². The molecule has 1 aliphatic rings. The fourth-order valence-electron chi connectivity index (χ4n) is 1.84. The van der Waals surface area contributed by atoms with Crippen molar-refractivity contribution in [3.63, 3.8) is 0 Å². The molecule has 0 bridgehead atoms. The van der Waals surface area contributed by atoms with Gasteiger partial charge in [0.05, 0.1) is 5.92 Å². The number of hydrogen-bond donors (Lipinski definition) is 2. The quantitative estimate of drug-likeness (QED) is 0.644. The van der Waals surface area contributed by atoms with E-state index in [1.54, 1.807) is 0 Å². The van der Waals surface area contributed by atoms with E-state index in [1.807, 2.05) is 0 Å². The number of methoxy groups -OCH3 is 1. The maximum absolute atomic E-state index is 10.6. The van der Waals surface area contributed by atoms with Gasteiger partial charge in [-0.3, -0.25) is 4.79 Å². The molecule has 0 aliphatic heterocycles. The molecule has 2 N–H and O–H groups in total. The first-order valence-electron chi connectivity index (χ1n) is 4.58. The van der Waals surface area contributed by atoms with Crippen molar-refractivity contribution < 1.29 is 19.7 Å². The molecule has 1 rings (SSSR count). The Kier molecular flexibility index (Phi) is 3.69. The van der Waals surface area contributed by atoms with Gasteiger partial charge in [0, 0.05) is 13.0 Å². The molecule has 0 spiro atoms. The zero-order chi connectivity index (χ0) is 9.84. The second-order valence-corrected chi connectivity index (χ2v) is 3.58. The molecule has 76 valence electrons. The maximum atomic E-state index is 10.6. The molecule has 0 heterocycles. The van der Waals surface area contributed by atoms with Crippen molar-refractivity contribution in [2.45, 2.75) is 32.0 Å². The number of carboxylic acids is 1. The van der Waals surface area contributed by atoms with E-state index in [2.05, 4.69) is 0 Å². The minimum absolute atomic E-state index is 0.112. The number of rotatable bonds is 3. The highest BCUT2D eigenvalue weighted by Gasteiger charge is 2.29. The third-order valence-corrected chi connectivity index (χ3v) is 2.77. The van der Waals surface area contributed by atoms with Gasteiger partial charge in [-0.25, -0.2) is 0 Å². The number of aliphatic carboxylic acids is 1. The van der Waals surface area contributed by atoms with Crippen LogP contribution in [0.15, 0.2) is 0 Å². The lowest BCUT2D eigenvalue weighted by molar-refractivity contribution is -0.147.